The van der Waals surface area contributed by atoms with Crippen molar-refractivity contribution in [2.75, 3.05) is 12.4 Å². The molecule has 3 nitrogen and oxygen atoms in total. The Morgan fingerprint density at radius 2 is 1.81 bits per heavy atom. The molecule has 21 heavy (non-hydrogen) atoms. The first-order valence-corrected chi connectivity index (χ1v) is 7.43. The number of benzene rings is 2. The van der Waals surface area contributed by atoms with Crippen molar-refractivity contribution in [2.45, 2.75) is 6.92 Å². The van der Waals surface area contributed by atoms with Gasteiger partial charge >= 0.3 is 0 Å². The van der Waals surface area contributed by atoms with Gasteiger partial charge in [-0.3, -0.25) is 4.98 Å². The van der Waals surface area contributed by atoms with Gasteiger partial charge in [0.1, 0.15) is 5.75 Å². The summed E-state index contributed by atoms with van der Waals surface area (Å²) in [5.74, 6) is 0.846. The number of aryl methyl sites for hydroxylation is 1. The Hall–Kier alpha value is -2.07. The van der Waals surface area contributed by atoms with Crippen molar-refractivity contribution in [3.63, 3.8) is 0 Å². The third kappa shape index (κ3) is 3.00. The van der Waals surface area contributed by atoms with Gasteiger partial charge in [-0.25, -0.2) is 0 Å². The number of pyridine rings is 1. The van der Waals surface area contributed by atoms with E-state index in [9.17, 15) is 0 Å². The fraction of sp³-hybridized carbons (Fsp3) is 0.118. The molecule has 1 N–H and O–H groups in total. The molecule has 0 atom stereocenters. The number of ether oxygens (including phenoxy) is 1. The maximum Gasteiger partial charge on any atom is 0.119 e. The molecule has 0 amide bonds. The third-order valence-corrected chi connectivity index (χ3v) is 3.76. The van der Waals surface area contributed by atoms with Gasteiger partial charge in [-0.15, -0.1) is 0 Å². The van der Waals surface area contributed by atoms with E-state index in [4.69, 9.17) is 4.74 Å². The molecule has 106 valence electrons. The summed E-state index contributed by atoms with van der Waals surface area (Å²) in [7, 11) is 1.67. The lowest BCUT2D eigenvalue weighted by molar-refractivity contribution is 0.415. The first kappa shape index (κ1) is 13.9. The Morgan fingerprint density at radius 1 is 1.05 bits per heavy atom. The van der Waals surface area contributed by atoms with Crippen LogP contribution in [0.5, 0.6) is 5.75 Å². The second-order valence-electron chi connectivity index (χ2n) is 4.83. The van der Waals surface area contributed by atoms with Crippen molar-refractivity contribution < 1.29 is 4.74 Å². The number of aromatic nitrogens is 1. The molecule has 2 aromatic carbocycles. The standard InChI is InChI=1S/C17H15BrN2O/c1-11-9-17(15-10-12(18)3-8-16(15)19-11)20-13-4-6-14(21-2)7-5-13/h3-10H,1-2H3,(H,19,20). The average molecular weight is 343 g/mol. The van der Waals surface area contributed by atoms with Crippen LogP contribution >= 0.6 is 15.9 Å². The molecule has 0 unspecified atom stereocenters. The van der Waals surface area contributed by atoms with Crippen molar-refractivity contribution in [1.29, 1.82) is 0 Å². The molecule has 3 rings (SSSR count). The Bertz CT molecular complexity index is 785. The molecular weight excluding hydrogens is 328 g/mol. The fourth-order valence-corrected chi connectivity index (χ4v) is 2.62. The quantitative estimate of drug-likeness (QED) is 0.722. The van der Waals surface area contributed by atoms with E-state index in [2.05, 4.69) is 38.4 Å². The maximum absolute atomic E-state index is 5.18. The summed E-state index contributed by atoms with van der Waals surface area (Å²) in [6.45, 7) is 2.00. The van der Waals surface area contributed by atoms with Gasteiger partial charge in [0.05, 0.1) is 12.6 Å². The molecule has 4 heteroatoms. The number of hydrogen-bond acceptors (Lipinski definition) is 3. The molecule has 0 saturated carbocycles. The zero-order valence-electron chi connectivity index (χ0n) is 11.9. The zero-order chi connectivity index (χ0) is 14.8. The number of fused-ring (bicyclic) bond motifs is 1. The van der Waals surface area contributed by atoms with Gasteiger partial charge in [0.25, 0.3) is 0 Å². The smallest absolute Gasteiger partial charge is 0.119 e. The van der Waals surface area contributed by atoms with Crippen molar-refractivity contribution in [2.24, 2.45) is 0 Å². The fourth-order valence-electron chi connectivity index (χ4n) is 2.26. The second-order valence-corrected chi connectivity index (χ2v) is 5.74. The van der Waals surface area contributed by atoms with Crippen LogP contribution in [0.4, 0.5) is 11.4 Å². The lowest BCUT2D eigenvalue weighted by Crippen LogP contribution is -1.95. The molecule has 0 radical (unpaired) electrons. The van der Waals surface area contributed by atoms with Gasteiger partial charge in [0.2, 0.25) is 0 Å². The van der Waals surface area contributed by atoms with Gasteiger partial charge in [0.15, 0.2) is 0 Å². The number of methoxy groups -OCH3 is 1. The van der Waals surface area contributed by atoms with Crippen molar-refractivity contribution >= 4 is 38.2 Å². The first-order valence-electron chi connectivity index (χ1n) is 6.64. The molecule has 0 bridgehead atoms. The lowest BCUT2D eigenvalue weighted by Gasteiger charge is -2.11. The number of nitrogens with zero attached hydrogens (tertiary/aromatic N) is 1. The highest BCUT2D eigenvalue weighted by molar-refractivity contribution is 9.10. The largest absolute Gasteiger partial charge is 0.497 e. The van der Waals surface area contributed by atoms with Gasteiger partial charge in [-0.2, -0.15) is 0 Å². The highest BCUT2D eigenvalue weighted by Crippen LogP contribution is 2.29. The van der Waals surface area contributed by atoms with E-state index in [0.717, 1.165) is 38.2 Å². The van der Waals surface area contributed by atoms with Crippen LogP contribution in [0.3, 0.4) is 0 Å². The molecule has 0 aliphatic heterocycles. The molecule has 1 heterocycles. The minimum Gasteiger partial charge on any atom is -0.497 e. The molecule has 0 fully saturated rings. The third-order valence-electron chi connectivity index (χ3n) is 3.27. The van der Waals surface area contributed by atoms with Gasteiger partial charge in [-0.1, -0.05) is 15.9 Å². The van der Waals surface area contributed by atoms with Crippen LogP contribution in [-0.4, -0.2) is 12.1 Å². The van der Waals surface area contributed by atoms with Crippen LogP contribution in [0.15, 0.2) is 53.0 Å². The van der Waals surface area contributed by atoms with E-state index in [1.54, 1.807) is 7.11 Å². The number of anilines is 2. The average Bonchev–Trinajstić information content (AvgIpc) is 2.49. The normalized spacial score (nSPS) is 10.6. The Labute approximate surface area is 132 Å². The number of hydrogen-bond donors (Lipinski definition) is 1. The summed E-state index contributed by atoms with van der Waals surface area (Å²) < 4.78 is 6.22. The van der Waals surface area contributed by atoms with Gasteiger partial charge in [0, 0.05) is 26.9 Å². The molecular formula is C17H15BrN2O. The molecule has 0 spiro atoms. The summed E-state index contributed by atoms with van der Waals surface area (Å²) >= 11 is 3.52. The first-order chi connectivity index (χ1) is 10.2. The van der Waals surface area contributed by atoms with E-state index in [1.165, 1.54) is 0 Å². The Balaban J connectivity index is 2.04. The monoisotopic (exact) mass is 342 g/mol. The SMILES string of the molecule is COc1ccc(Nc2cc(C)nc3ccc(Br)cc23)cc1. The minimum absolute atomic E-state index is 0.846. The summed E-state index contributed by atoms with van der Waals surface area (Å²) in [5.41, 5.74) is 4.03. The van der Waals surface area contributed by atoms with Crippen molar-refractivity contribution in [1.82, 2.24) is 4.98 Å². The van der Waals surface area contributed by atoms with E-state index >= 15 is 0 Å². The predicted octanol–water partition coefficient (Wildman–Crippen LogP) is 5.06. The molecule has 3 aromatic rings. The Kier molecular flexibility index (Phi) is 3.80. The topological polar surface area (TPSA) is 34.1 Å². The van der Waals surface area contributed by atoms with Gasteiger partial charge in [-0.05, 0) is 55.5 Å². The Morgan fingerprint density at radius 3 is 2.52 bits per heavy atom. The van der Waals surface area contributed by atoms with Crippen molar-refractivity contribution in [3.05, 3.63) is 58.7 Å². The van der Waals surface area contributed by atoms with Gasteiger partial charge < -0.3 is 10.1 Å². The van der Waals surface area contributed by atoms with E-state index in [1.807, 2.05) is 43.3 Å². The number of nitrogens with one attached hydrogen (secondary N) is 1. The number of halogens is 1. The van der Waals surface area contributed by atoms with Crippen LogP contribution in [0.25, 0.3) is 10.9 Å². The van der Waals surface area contributed by atoms with Crippen LogP contribution in [0.2, 0.25) is 0 Å². The summed E-state index contributed by atoms with van der Waals surface area (Å²) in [5, 5.41) is 4.54. The summed E-state index contributed by atoms with van der Waals surface area (Å²) in [6.07, 6.45) is 0. The predicted molar refractivity (Wildman–Crippen MR) is 90.5 cm³/mol. The lowest BCUT2D eigenvalue weighted by atomic mass is 10.1. The highest BCUT2D eigenvalue weighted by Gasteiger charge is 2.05. The second kappa shape index (κ2) is 5.74. The number of rotatable bonds is 3. The van der Waals surface area contributed by atoms with E-state index in [-0.39, 0.29) is 0 Å². The zero-order valence-corrected chi connectivity index (χ0v) is 13.4. The molecule has 0 aliphatic carbocycles. The minimum atomic E-state index is 0.846. The van der Waals surface area contributed by atoms with Crippen LogP contribution in [-0.2, 0) is 0 Å². The molecule has 0 aliphatic rings. The summed E-state index contributed by atoms with van der Waals surface area (Å²) in [4.78, 5) is 4.57. The maximum atomic E-state index is 5.18. The summed E-state index contributed by atoms with van der Waals surface area (Å²) in [6, 6.07) is 16.0. The molecule has 0 saturated heterocycles. The van der Waals surface area contributed by atoms with Crippen LogP contribution in [0, 0.1) is 6.92 Å². The highest BCUT2D eigenvalue weighted by atomic mass is 79.9. The van der Waals surface area contributed by atoms with E-state index in [0.29, 0.717) is 0 Å². The molecule has 1 aromatic heterocycles. The van der Waals surface area contributed by atoms with Crippen LogP contribution in [0.1, 0.15) is 5.69 Å². The van der Waals surface area contributed by atoms with Crippen LogP contribution < -0.4 is 10.1 Å². The van der Waals surface area contributed by atoms with E-state index < -0.39 is 0 Å². The van der Waals surface area contributed by atoms with Crippen molar-refractivity contribution in [3.8, 4) is 5.75 Å².